The minimum Gasteiger partial charge on any atom is -0.359 e. The molecule has 1 saturated carbocycles. The molecule has 1 rings (SSSR count). The maximum Gasteiger partial charge on any atom is 0.190 e. The normalized spacial score (nSPS) is 28.4. The summed E-state index contributed by atoms with van der Waals surface area (Å²) in [6.45, 7) is 2.24. The van der Waals surface area contributed by atoms with Gasteiger partial charge in [0, 0.05) is 20.1 Å². The van der Waals surface area contributed by atoms with E-state index < -0.39 is 0 Å². The Labute approximate surface area is 74.6 Å². The Kier molecular flexibility index (Phi) is 3.38. The van der Waals surface area contributed by atoms with Crippen LogP contribution in [0, 0.1) is 5.92 Å². The highest BCUT2D eigenvalue weighted by atomic mass is 15.2. The van der Waals surface area contributed by atoms with Crippen LogP contribution in [0.15, 0.2) is 4.99 Å². The molecular formula is C9H19N3. The van der Waals surface area contributed by atoms with Crippen molar-refractivity contribution >= 4 is 5.96 Å². The average molecular weight is 169 g/mol. The van der Waals surface area contributed by atoms with Crippen LogP contribution in [0.4, 0.5) is 0 Å². The number of nitrogens with zero attached hydrogens (tertiary/aromatic N) is 1. The largest absolute Gasteiger partial charge is 0.359 e. The molecule has 3 nitrogen and oxygen atoms in total. The van der Waals surface area contributed by atoms with E-state index in [1.165, 1.54) is 19.3 Å². The van der Waals surface area contributed by atoms with Gasteiger partial charge in [0.05, 0.1) is 0 Å². The van der Waals surface area contributed by atoms with Crippen LogP contribution in [0.1, 0.15) is 26.2 Å². The summed E-state index contributed by atoms with van der Waals surface area (Å²) >= 11 is 0. The SMILES string of the molecule is CCC[C@@H]1C[C@H]1NC(=NC)NC. The molecule has 2 N–H and O–H groups in total. The Morgan fingerprint density at radius 1 is 1.58 bits per heavy atom. The van der Waals surface area contributed by atoms with Gasteiger partial charge in [-0.05, 0) is 18.8 Å². The van der Waals surface area contributed by atoms with E-state index in [9.17, 15) is 0 Å². The average Bonchev–Trinajstić information content (AvgIpc) is 2.80. The van der Waals surface area contributed by atoms with E-state index in [1.54, 1.807) is 7.05 Å². The molecule has 0 bridgehead atoms. The van der Waals surface area contributed by atoms with E-state index in [1.807, 2.05) is 7.05 Å². The zero-order valence-electron chi connectivity index (χ0n) is 8.22. The smallest absolute Gasteiger partial charge is 0.190 e. The Balaban J connectivity index is 2.18. The molecule has 0 aromatic heterocycles. The summed E-state index contributed by atoms with van der Waals surface area (Å²) < 4.78 is 0. The third kappa shape index (κ3) is 2.40. The predicted octanol–water partition coefficient (Wildman–Crippen LogP) is 0.970. The second-order valence-corrected chi connectivity index (χ2v) is 3.36. The number of rotatable bonds is 3. The van der Waals surface area contributed by atoms with Crippen LogP contribution in [0.2, 0.25) is 0 Å². The Bertz CT molecular complexity index is 165. The second-order valence-electron chi connectivity index (χ2n) is 3.36. The van der Waals surface area contributed by atoms with Crippen LogP contribution in [0.3, 0.4) is 0 Å². The topological polar surface area (TPSA) is 36.4 Å². The van der Waals surface area contributed by atoms with Crippen molar-refractivity contribution in [3.8, 4) is 0 Å². The molecule has 1 aliphatic carbocycles. The van der Waals surface area contributed by atoms with Gasteiger partial charge in [-0.2, -0.15) is 0 Å². The highest BCUT2D eigenvalue weighted by molar-refractivity contribution is 5.79. The van der Waals surface area contributed by atoms with Crippen LogP contribution in [0.25, 0.3) is 0 Å². The van der Waals surface area contributed by atoms with Crippen LogP contribution >= 0.6 is 0 Å². The molecule has 0 spiro atoms. The molecule has 0 heterocycles. The van der Waals surface area contributed by atoms with Gasteiger partial charge in [0.1, 0.15) is 0 Å². The van der Waals surface area contributed by atoms with Crippen molar-refractivity contribution in [3.05, 3.63) is 0 Å². The number of nitrogens with one attached hydrogen (secondary N) is 2. The van der Waals surface area contributed by atoms with Crippen molar-refractivity contribution < 1.29 is 0 Å². The number of hydrogen-bond acceptors (Lipinski definition) is 1. The first-order valence-corrected chi connectivity index (χ1v) is 4.72. The quantitative estimate of drug-likeness (QED) is 0.488. The van der Waals surface area contributed by atoms with Gasteiger partial charge >= 0.3 is 0 Å². The molecule has 0 aromatic rings. The van der Waals surface area contributed by atoms with Crippen molar-refractivity contribution in [1.82, 2.24) is 10.6 Å². The Morgan fingerprint density at radius 2 is 2.33 bits per heavy atom. The van der Waals surface area contributed by atoms with Crippen molar-refractivity contribution in [3.63, 3.8) is 0 Å². The molecule has 70 valence electrons. The van der Waals surface area contributed by atoms with Crippen LogP contribution < -0.4 is 10.6 Å². The maximum atomic E-state index is 4.08. The summed E-state index contributed by atoms with van der Waals surface area (Å²) in [6, 6.07) is 0.677. The fourth-order valence-electron chi connectivity index (χ4n) is 1.54. The maximum absolute atomic E-state index is 4.08. The zero-order chi connectivity index (χ0) is 8.97. The third-order valence-electron chi connectivity index (χ3n) is 2.36. The lowest BCUT2D eigenvalue weighted by Gasteiger charge is -2.07. The van der Waals surface area contributed by atoms with Crippen LogP contribution in [0.5, 0.6) is 0 Å². The van der Waals surface area contributed by atoms with Crippen molar-refractivity contribution in [1.29, 1.82) is 0 Å². The van der Waals surface area contributed by atoms with Gasteiger partial charge in [-0.3, -0.25) is 4.99 Å². The molecule has 0 amide bonds. The number of hydrogen-bond donors (Lipinski definition) is 2. The molecule has 1 aliphatic rings. The number of guanidine groups is 1. The standard InChI is InChI=1S/C9H19N3/c1-4-5-7-6-8(7)12-9(10-2)11-3/h7-8H,4-6H2,1-3H3,(H2,10,11,12)/t7-,8-/m1/s1. The second kappa shape index (κ2) is 4.33. The minimum atomic E-state index is 0.677. The lowest BCUT2D eigenvalue weighted by atomic mass is 10.2. The van der Waals surface area contributed by atoms with Crippen molar-refractivity contribution in [2.75, 3.05) is 14.1 Å². The van der Waals surface area contributed by atoms with Gasteiger partial charge < -0.3 is 10.6 Å². The summed E-state index contributed by atoms with van der Waals surface area (Å²) in [5, 5.41) is 6.39. The first kappa shape index (κ1) is 9.36. The van der Waals surface area contributed by atoms with E-state index in [-0.39, 0.29) is 0 Å². The predicted molar refractivity (Wildman–Crippen MR) is 52.4 cm³/mol. The summed E-state index contributed by atoms with van der Waals surface area (Å²) in [5.74, 6) is 1.80. The van der Waals surface area contributed by atoms with E-state index >= 15 is 0 Å². The highest BCUT2D eigenvalue weighted by Gasteiger charge is 2.36. The van der Waals surface area contributed by atoms with Gasteiger partial charge in [0.15, 0.2) is 5.96 Å². The minimum absolute atomic E-state index is 0.677. The van der Waals surface area contributed by atoms with Gasteiger partial charge in [-0.1, -0.05) is 13.3 Å². The Morgan fingerprint density at radius 3 is 2.83 bits per heavy atom. The molecule has 2 atom stereocenters. The first-order valence-electron chi connectivity index (χ1n) is 4.72. The lowest BCUT2D eigenvalue weighted by Crippen LogP contribution is -2.36. The summed E-state index contributed by atoms with van der Waals surface area (Å²) in [6.07, 6.45) is 3.95. The molecule has 0 radical (unpaired) electrons. The van der Waals surface area contributed by atoms with Gasteiger partial charge in [-0.25, -0.2) is 0 Å². The molecule has 0 saturated heterocycles. The van der Waals surface area contributed by atoms with Crippen LogP contribution in [-0.2, 0) is 0 Å². The van der Waals surface area contributed by atoms with Gasteiger partial charge in [0.25, 0.3) is 0 Å². The van der Waals surface area contributed by atoms with Gasteiger partial charge in [0.2, 0.25) is 0 Å². The van der Waals surface area contributed by atoms with E-state index in [0.717, 1.165) is 11.9 Å². The molecule has 0 aliphatic heterocycles. The summed E-state index contributed by atoms with van der Waals surface area (Å²) in [4.78, 5) is 4.08. The van der Waals surface area contributed by atoms with Gasteiger partial charge in [-0.15, -0.1) is 0 Å². The molecule has 0 aromatic carbocycles. The number of aliphatic imine (C=N–C) groups is 1. The van der Waals surface area contributed by atoms with Crippen molar-refractivity contribution in [2.24, 2.45) is 10.9 Å². The molecule has 1 fully saturated rings. The molecule has 0 unspecified atom stereocenters. The van der Waals surface area contributed by atoms with E-state index in [4.69, 9.17) is 0 Å². The first-order chi connectivity index (χ1) is 5.81. The summed E-state index contributed by atoms with van der Waals surface area (Å²) in [5.41, 5.74) is 0. The van der Waals surface area contributed by atoms with E-state index in [2.05, 4.69) is 22.5 Å². The lowest BCUT2D eigenvalue weighted by molar-refractivity contribution is 0.658. The van der Waals surface area contributed by atoms with Crippen LogP contribution in [-0.4, -0.2) is 26.1 Å². The zero-order valence-corrected chi connectivity index (χ0v) is 8.22. The molecular weight excluding hydrogens is 150 g/mol. The van der Waals surface area contributed by atoms with Crippen molar-refractivity contribution in [2.45, 2.75) is 32.2 Å². The molecule has 3 heteroatoms. The highest BCUT2D eigenvalue weighted by Crippen LogP contribution is 2.34. The fourth-order valence-corrected chi connectivity index (χ4v) is 1.54. The third-order valence-corrected chi connectivity index (χ3v) is 2.36. The summed E-state index contributed by atoms with van der Waals surface area (Å²) in [7, 11) is 3.70. The van der Waals surface area contributed by atoms with E-state index in [0.29, 0.717) is 6.04 Å². The monoisotopic (exact) mass is 169 g/mol. The Hall–Kier alpha value is -0.730. The molecule has 12 heavy (non-hydrogen) atoms. The fraction of sp³-hybridized carbons (Fsp3) is 0.889.